The third-order valence-electron chi connectivity index (χ3n) is 4.48. The number of rotatable bonds is 3. The normalized spacial score (nSPS) is 11.0. The van der Waals surface area contributed by atoms with Crippen molar-refractivity contribution in [1.29, 1.82) is 0 Å². The summed E-state index contributed by atoms with van der Waals surface area (Å²) in [5.74, 6) is -0.0795. The number of hydrogen-bond acceptors (Lipinski definition) is 4. The van der Waals surface area contributed by atoms with Crippen molar-refractivity contribution < 1.29 is 14.3 Å². The summed E-state index contributed by atoms with van der Waals surface area (Å²) in [6, 6.07) is 13.7. The van der Waals surface area contributed by atoms with Crippen LogP contribution in [-0.4, -0.2) is 16.0 Å². The number of fused-ring (bicyclic) bond motifs is 1. The molecule has 29 heavy (non-hydrogen) atoms. The average Bonchev–Trinajstić information content (AvgIpc) is 3.09. The number of amides is 1. The van der Waals surface area contributed by atoms with Gasteiger partial charge in [0.15, 0.2) is 5.58 Å². The van der Waals surface area contributed by atoms with Crippen molar-refractivity contribution in [1.82, 2.24) is 4.98 Å². The molecule has 3 aromatic carbocycles. The van der Waals surface area contributed by atoms with Crippen molar-refractivity contribution in [3.63, 3.8) is 0 Å². The van der Waals surface area contributed by atoms with Crippen molar-refractivity contribution in [2.75, 3.05) is 5.32 Å². The number of phenolic OH excluding ortho intramolecular Hbond substituents is 1. The first-order valence-corrected chi connectivity index (χ1v) is 9.96. The molecule has 7 heteroatoms. The maximum absolute atomic E-state index is 12.6. The lowest BCUT2D eigenvalue weighted by Crippen LogP contribution is -2.12. The number of oxazole rings is 1. The highest BCUT2D eigenvalue weighted by atomic mass is 79.9. The molecular formula is C22H16BrClN2O3. The van der Waals surface area contributed by atoms with Crippen LogP contribution >= 0.6 is 27.5 Å². The summed E-state index contributed by atoms with van der Waals surface area (Å²) < 4.78 is 6.63. The summed E-state index contributed by atoms with van der Waals surface area (Å²) in [4.78, 5) is 17.1. The molecule has 0 unspecified atom stereocenters. The Hall–Kier alpha value is -2.83. The third kappa shape index (κ3) is 3.86. The molecule has 0 bridgehead atoms. The van der Waals surface area contributed by atoms with E-state index in [2.05, 4.69) is 26.2 Å². The molecule has 0 aliphatic rings. The van der Waals surface area contributed by atoms with Crippen LogP contribution in [0.3, 0.4) is 0 Å². The van der Waals surface area contributed by atoms with Crippen molar-refractivity contribution in [3.05, 3.63) is 74.7 Å². The van der Waals surface area contributed by atoms with Gasteiger partial charge in [-0.25, -0.2) is 4.98 Å². The maximum atomic E-state index is 12.6. The van der Waals surface area contributed by atoms with Crippen LogP contribution < -0.4 is 5.32 Å². The Morgan fingerprint density at radius 2 is 1.93 bits per heavy atom. The van der Waals surface area contributed by atoms with E-state index in [9.17, 15) is 9.90 Å². The molecule has 0 saturated heterocycles. The number of aryl methyl sites for hydroxylation is 2. The second kappa shape index (κ2) is 7.54. The zero-order valence-electron chi connectivity index (χ0n) is 15.6. The summed E-state index contributed by atoms with van der Waals surface area (Å²) in [7, 11) is 0. The second-order valence-corrected chi connectivity index (χ2v) is 8.08. The molecule has 0 aliphatic carbocycles. The van der Waals surface area contributed by atoms with Crippen LogP contribution in [0.5, 0.6) is 5.75 Å². The molecule has 0 fully saturated rings. The molecule has 5 nitrogen and oxygen atoms in total. The predicted octanol–water partition coefficient (Wildman–Crippen LogP) is 6.49. The van der Waals surface area contributed by atoms with Gasteiger partial charge in [0.2, 0.25) is 5.89 Å². The van der Waals surface area contributed by atoms with Gasteiger partial charge in [0.05, 0.1) is 16.1 Å². The number of halogens is 2. The van der Waals surface area contributed by atoms with Crippen LogP contribution in [0.25, 0.3) is 22.6 Å². The number of nitrogens with one attached hydrogen (secondary N) is 1. The van der Waals surface area contributed by atoms with Gasteiger partial charge in [-0.05, 0) is 67.4 Å². The first-order chi connectivity index (χ1) is 13.8. The molecule has 1 amide bonds. The summed E-state index contributed by atoms with van der Waals surface area (Å²) in [5.41, 5.74) is 4.62. The molecule has 0 aliphatic heterocycles. The lowest BCUT2D eigenvalue weighted by molar-refractivity contribution is 0.102. The van der Waals surface area contributed by atoms with E-state index < -0.39 is 0 Å². The number of carbonyl (C=O) groups is 1. The summed E-state index contributed by atoms with van der Waals surface area (Å²) in [6.07, 6.45) is 0. The highest BCUT2D eigenvalue weighted by Crippen LogP contribution is 2.34. The Bertz CT molecular complexity index is 1270. The standard InChI is InChI=1S/C22H16BrClN2O3/c1-11-7-12(2)20-18(8-11)26-22(29-20)16-10-14(4-6-19(16)27)25-21(28)15-9-13(23)3-5-17(15)24/h3-10,27H,1-2H3,(H,25,28). The van der Waals surface area contributed by atoms with Crippen LogP contribution in [0.15, 0.2) is 57.4 Å². The van der Waals surface area contributed by atoms with E-state index in [-0.39, 0.29) is 17.5 Å². The highest BCUT2D eigenvalue weighted by Gasteiger charge is 2.17. The topological polar surface area (TPSA) is 75.4 Å². The molecule has 4 aromatic rings. The van der Waals surface area contributed by atoms with Gasteiger partial charge in [0.1, 0.15) is 11.3 Å². The molecular weight excluding hydrogens is 456 g/mol. The molecule has 146 valence electrons. The monoisotopic (exact) mass is 470 g/mol. The van der Waals surface area contributed by atoms with Gasteiger partial charge in [0.25, 0.3) is 5.91 Å². The van der Waals surface area contributed by atoms with E-state index in [0.29, 0.717) is 32.9 Å². The quantitative estimate of drug-likeness (QED) is 0.335. The number of aromatic hydroxyl groups is 1. The SMILES string of the molecule is Cc1cc(C)c2oc(-c3cc(NC(=O)c4cc(Br)ccc4Cl)ccc3O)nc2c1. The zero-order chi connectivity index (χ0) is 20.7. The number of phenols is 1. The number of benzene rings is 3. The lowest BCUT2D eigenvalue weighted by atomic mass is 10.1. The van der Waals surface area contributed by atoms with Crippen molar-refractivity contribution >= 4 is 50.2 Å². The van der Waals surface area contributed by atoms with E-state index in [1.807, 2.05) is 26.0 Å². The Labute approximate surface area is 180 Å². The lowest BCUT2D eigenvalue weighted by Gasteiger charge is -2.09. The van der Waals surface area contributed by atoms with Crippen LogP contribution in [0.4, 0.5) is 5.69 Å². The average molecular weight is 472 g/mol. The molecule has 0 spiro atoms. The van der Waals surface area contributed by atoms with Gasteiger partial charge in [-0.1, -0.05) is 33.6 Å². The Balaban J connectivity index is 1.70. The first-order valence-electron chi connectivity index (χ1n) is 8.79. The van der Waals surface area contributed by atoms with Crippen molar-refractivity contribution in [3.8, 4) is 17.2 Å². The number of carbonyl (C=O) groups excluding carboxylic acids is 1. The fourth-order valence-corrected chi connectivity index (χ4v) is 3.71. The molecule has 1 aromatic heterocycles. The summed E-state index contributed by atoms with van der Waals surface area (Å²) in [5, 5.41) is 13.5. The molecule has 0 atom stereocenters. The van der Waals surface area contributed by atoms with E-state index in [1.54, 1.807) is 30.3 Å². The maximum Gasteiger partial charge on any atom is 0.257 e. The van der Waals surface area contributed by atoms with Crippen LogP contribution in [0.1, 0.15) is 21.5 Å². The molecule has 0 radical (unpaired) electrons. The Morgan fingerprint density at radius 3 is 2.72 bits per heavy atom. The highest BCUT2D eigenvalue weighted by molar-refractivity contribution is 9.10. The number of aromatic nitrogens is 1. The second-order valence-electron chi connectivity index (χ2n) is 6.76. The first kappa shape index (κ1) is 19.5. The van der Waals surface area contributed by atoms with Gasteiger partial charge < -0.3 is 14.8 Å². The van der Waals surface area contributed by atoms with E-state index in [0.717, 1.165) is 15.6 Å². The predicted molar refractivity (Wildman–Crippen MR) is 118 cm³/mol. The Morgan fingerprint density at radius 1 is 1.14 bits per heavy atom. The number of nitrogens with zero attached hydrogens (tertiary/aromatic N) is 1. The van der Waals surface area contributed by atoms with E-state index in [1.165, 1.54) is 6.07 Å². The van der Waals surface area contributed by atoms with Crippen molar-refractivity contribution in [2.45, 2.75) is 13.8 Å². The largest absolute Gasteiger partial charge is 0.507 e. The van der Waals surface area contributed by atoms with Gasteiger partial charge in [0, 0.05) is 10.2 Å². The van der Waals surface area contributed by atoms with Crippen LogP contribution in [0, 0.1) is 13.8 Å². The number of anilines is 1. The summed E-state index contributed by atoms with van der Waals surface area (Å²) >= 11 is 9.47. The number of hydrogen-bond donors (Lipinski definition) is 2. The van der Waals surface area contributed by atoms with E-state index >= 15 is 0 Å². The van der Waals surface area contributed by atoms with Gasteiger partial charge in [-0.2, -0.15) is 0 Å². The van der Waals surface area contributed by atoms with Gasteiger partial charge >= 0.3 is 0 Å². The minimum absolute atomic E-state index is 0.00409. The smallest absolute Gasteiger partial charge is 0.257 e. The summed E-state index contributed by atoms with van der Waals surface area (Å²) in [6.45, 7) is 3.93. The molecule has 1 heterocycles. The van der Waals surface area contributed by atoms with Crippen LogP contribution in [0.2, 0.25) is 5.02 Å². The molecule has 0 saturated carbocycles. The van der Waals surface area contributed by atoms with Crippen LogP contribution in [-0.2, 0) is 0 Å². The fraction of sp³-hybridized carbons (Fsp3) is 0.0909. The van der Waals surface area contributed by atoms with Gasteiger partial charge in [-0.3, -0.25) is 4.79 Å². The molecule has 2 N–H and O–H groups in total. The fourth-order valence-electron chi connectivity index (χ4n) is 3.15. The zero-order valence-corrected chi connectivity index (χ0v) is 17.9. The minimum Gasteiger partial charge on any atom is -0.507 e. The van der Waals surface area contributed by atoms with Gasteiger partial charge in [-0.15, -0.1) is 0 Å². The minimum atomic E-state index is -0.364. The third-order valence-corrected chi connectivity index (χ3v) is 5.30. The molecule has 4 rings (SSSR count). The van der Waals surface area contributed by atoms with Crippen molar-refractivity contribution in [2.24, 2.45) is 0 Å². The van der Waals surface area contributed by atoms with E-state index in [4.69, 9.17) is 16.0 Å². The Kier molecular flexibility index (Phi) is 5.06.